The molecule has 36 heavy (non-hydrogen) atoms. The van der Waals surface area contributed by atoms with Crippen LogP contribution in [-0.2, 0) is 16.0 Å². The van der Waals surface area contributed by atoms with Gasteiger partial charge in [0.2, 0.25) is 5.91 Å². The van der Waals surface area contributed by atoms with E-state index in [4.69, 9.17) is 13.9 Å². The van der Waals surface area contributed by atoms with Crippen molar-refractivity contribution >= 4 is 28.5 Å². The highest BCUT2D eigenvalue weighted by molar-refractivity contribution is 5.92. The molecule has 0 fully saturated rings. The Morgan fingerprint density at radius 2 is 1.94 bits per heavy atom. The van der Waals surface area contributed by atoms with E-state index in [1.807, 2.05) is 19.1 Å². The minimum absolute atomic E-state index is 0.102. The summed E-state index contributed by atoms with van der Waals surface area (Å²) in [6, 6.07) is 12.4. The van der Waals surface area contributed by atoms with E-state index in [2.05, 4.69) is 10.4 Å². The summed E-state index contributed by atoms with van der Waals surface area (Å²) in [6.45, 7) is 5.65. The zero-order chi connectivity index (χ0) is 25.8. The van der Waals surface area contributed by atoms with Crippen LogP contribution in [0.15, 0.2) is 57.9 Å². The lowest BCUT2D eigenvalue weighted by Crippen LogP contribution is -2.17. The Balaban J connectivity index is 1.47. The van der Waals surface area contributed by atoms with Gasteiger partial charge in [-0.25, -0.2) is 14.3 Å². The predicted octanol–water partition coefficient (Wildman–Crippen LogP) is 4.35. The maximum atomic E-state index is 12.7. The van der Waals surface area contributed by atoms with E-state index < -0.39 is 11.6 Å². The number of ether oxygens (including phenoxy) is 2. The van der Waals surface area contributed by atoms with Crippen LogP contribution in [-0.4, -0.2) is 35.4 Å². The van der Waals surface area contributed by atoms with Gasteiger partial charge in [0.25, 0.3) is 0 Å². The van der Waals surface area contributed by atoms with Crippen LogP contribution in [0.4, 0.5) is 5.69 Å². The number of aryl methyl sites for hydroxylation is 1. The first kappa shape index (κ1) is 24.7. The highest BCUT2D eigenvalue weighted by atomic mass is 16.5. The molecule has 2 aromatic heterocycles. The van der Waals surface area contributed by atoms with E-state index in [-0.39, 0.29) is 25.4 Å². The number of carbonyl (C=O) groups is 2. The molecule has 0 aliphatic carbocycles. The summed E-state index contributed by atoms with van der Waals surface area (Å²) in [5, 5.41) is 7.95. The molecular weight excluding hydrogens is 462 g/mol. The largest absolute Gasteiger partial charge is 0.497 e. The number of hydrogen-bond donors (Lipinski definition) is 1. The maximum Gasteiger partial charge on any atom is 0.341 e. The van der Waals surface area contributed by atoms with E-state index in [1.54, 1.807) is 56.0 Å². The van der Waals surface area contributed by atoms with Gasteiger partial charge in [-0.15, -0.1) is 0 Å². The number of methoxy groups -OCH3 is 1. The highest BCUT2D eigenvalue weighted by Gasteiger charge is 2.17. The number of benzene rings is 2. The van der Waals surface area contributed by atoms with Gasteiger partial charge in [0.15, 0.2) is 0 Å². The number of esters is 1. The average molecular weight is 490 g/mol. The standard InChI is InChI=1S/C27H27N3O6/c1-5-35-26(32)23-15-28-30(17(23)3)19-8-6-7-18(13-19)29-25(31)12-11-22-16(2)21-10-9-20(34-4)14-24(21)36-27(22)33/h6-10,13-15H,5,11-12H2,1-4H3,(H,29,31). The number of carbonyl (C=O) groups excluding carboxylic acids is 2. The number of aromatic nitrogens is 2. The van der Waals surface area contributed by atoms with E-state index in [9.17, 15) is 14.4 Å². The van der Waals surface area contributed by atoms with Crippen LogP contribution >= 0.6 is 0 Å². The summed E-state index contributed by atoms with van der Waals surface area (Å²) in [4.78, 5) is 37.4. The van der Waals surface area contributed by atoms with Crippen LogP contribution in [0.3, 0.4) is 0 Å². The molecule has 2 aromatic carbocycles. The Morgan fingerprint density at radius 1 is 1.14 bits per heavy atom. The molecule has 1 amide bonds. The van der Waals surface area contributed by atoms with Gasteiger partial charge in [0.1, 0.15) is 16.9 Å². The number of nitrogens with one attached hydrogen (secondary N) is 1. The lowest BCUT2D eigenvalue weighted by Gasteiger charge is -2.11. The minimum Gasteiger partial charge on any atom is -0.497 e. The molecule has 9 nitrogen and oxygen atoms in total. The van der Waals surface area contributed by atoms with E-state index in [0.29, 0.717) is 39.5 Å². The normalized spacial score (nSPS) is 10.9. The topological polar surface area (TPSA) is 113 Å². The molecule has 0 spiro atoms. The van der Waals surface area contributed by atoms with Crippen LogP contribution in [0.2, 0.25) is 0 Å². The summed E-state index contributed by atoms with van der Waals surface area (Å²) in [6.07, 6.45) is 1.81. The molecule has 9 heteroatoms. The number of rotatable bonds is 8. The fourth-order valence-corrected chi connectivity index (χ4v) is 4.05. The molecule has 2 heterocycles. The van der Waals surface area contributed by atoms with Gasteiger partial charge in [0.05, 0.1) is 31.3 Å². The van der Waals surface area contributed by atoms with E-state index >= 15 is 0 Å². The Kier molecular flexibility index (Phi) is 7.19. The van der Waals surface area contributed by atoms with Crippen molar-refractivity contribution < 1.29 is 23.5 Å². The van der Waals surface area contributed by atoms with Crippen molar-refractivity contribution in [3.63, 3.8) is 0 Å². The van der Waals surface area contributed by atoms with Gasteiger partial charge in [-0.05, 0) is 63.1 Å². The monoisotopic (exact) mass is 489 g/mol. The molecule has 1 N–H and O–H groups in total. The third kappa shape index (κ3) is 5.00. The number of anilines is 1. The fraction of sp³-hybridized carbons (Fsp3) is 0.259. The molecule has 186 valence electrons. The first-order chi connectivity index (χ1) is 17.3. The van der Waals surface area contributed by atoms with Gasteiger partial charge >= 0.3 is 11.6 Å². The zero-order valence-corrected chi connectivity index (χ0v) is 20.6. The average Bonchev–Trinajstić information content (AvgIpc) is 3.25. The van der Waals surface area contributed by atoms with E-state index in [1.165, 1.54) is 6.20 Å². The second-order valence-electron chi connectivity index (χ2n) is 8.23. The van der Waals surface area contributed by atoms with Crippen molar-refractivity contribution in [2.45, 2.75) is 33.6 Å². The predicted molar refractivity (Wildman–Crippen MR) is 135 cm³/mol. The van der Waals surface area contributed by atoms with Gasteiger partial charge in [-0.3, -0.25) is 4.79 Å². The second kappa shape index (κ2) is 10.5. The van der Waals surface area contributed by atoms with Gasteiger partial charge < -0.3 is 19.2 Å². The first-order valence-corrected chi connectivity index (χ1v) is 11.5. The summed E-state index contributed by atoms with van der Waals surface area (Å²) in [5.74, 6) is -0.0784. The summed E-state index contributed by atoms with van der Waals surface area (Å²) < 4.78 is 17.3. The third-order valence-electron chi connectivity index (χ3n) is 5.98. The number of amides is 1. The molecular formula is C27H27N3O6. The molecule has 0 atom stereocenters. The number of hydrogen-bond acceptors (Lipinski definition) is 7. The molecule has 0 aliphatic heterocycles. The third-order valence-corrected chi connectivity index (χ3v) is 5.98. The number of fused-ring (bicyclic) bond motifs is 1. The number of nitrogens with zero attached hydrogens (tertiary/aromatic N) is 2. The summed E-state index contributed by atoms with van der Waals surface area (Å²) in [5.41, 5.74) is 3.50. The van der Waals surface area contributed by atoms with Gasteiger partial charge in [-0.2, -0.15) is 5.10 Å². The van der Waals surface area contributed by atoms with Crippen molar-refractivity contribution in [3.8, 4) is 11.4 Å². The van der Waals surface area contributed by atoms with Crippen LogP contribution in [0, 0.1) is 13.8 Å². The zero-order valence-electron chi connectivity index (χ0n) is 20.6. The molecule has 0 radical (unpaired) electrons. The molecule has 0 saturated heterocycles. The maximum absolute atomic E-state index is 12.7. The Morgan fingerprint density at radius 3 is 2.69 bits per heavy atom. The quantitative estimate of drug-likeness (QED) is 0.289. The molecule has 0 unspecified atom stereocenters. The smallest absolute Gasteiger partial charge is 0.341 e. The van der Waals surface area contributed by atoms with Crippen LogP contribution in [0.1, 0.15) is 40.5 Å². The van der Waals surface area contributed by atoms with Crippen molar-refractivity contribution in [1.82, 2.24) is 9.78 Å². The lowest BCUT2D eigenvalue weighted by molar-refractivity contribution is -0.116. The van der Waals surface area contributed by atoms with Crippen molar-refractivity contribution in [2.24, 2.45) is 0 Å². The molecule has 0 aliphatic rings. The van der Waals surface area contributed by atoms with Crippen molar-refractivity contribution in [2.75, 3.05) is 19.0 Å². The van der Waals surface area contributed by atoms with Crippen molar-refractivity contribution in [3.05, 3.63) is 81.5 Å². The Labute approximate surface area is 207 Å². The summed E-state index contributed by atoms with van der Waals surface area (Å²) in [7, 11) is 1.55. The first-order valence-electron chi connectivity index (χ1n) is 11.5. The molecule has 0 bridgehead atoms. The highest BCUT2D eigenvalue weighted by Crippen LogP contribution is 2.25. The Bertz CT molecular complexity index is 1500. The summed E-state index contributed by atoms with van der Waals surface area (Å²) >= 11 is 0. The fourth-order valence-electron chi connectivity index (χ4n) is 4.05. The van der Waals surface area contributed by atoms with Crippen molar-refractivity contribution in [1.29, 1.82) is 0 Å². The van der Waals surface area contributed by atoms with Crippen LogP contribution in [0.5, 0.6) is 5.75 Å². The SMILES string of the molecule is CCOC(=O)c1cnn(-c2cccc(NC(=O)CCc3c(C)c4ccc(OC)cc4oc3=O)c2)c1C. The lowest BCUT2D eigenvalue weighted by atomic mass is 10.0. The second-order valence-corrected chi connectivity index (χ2v) is 8.23. The molecule has 0 saturated carbocycles. The molecule has 4 aromatic rings. The van der Waals surface area contributed by atoms with Crippen LogP contribution in [0.25, 0.3) is 16.7 Å². The van der Waals surface area contributed by atoms with Gasteiger partial charge in [0, 0.05) is 29.1 Å². The van der Waals surface area contributed by atoms with E-state index in [0.717, 1.165) is 10.9 Å². The minimum atomic E-state index is -0.463. The van der Waals surface area contributed by atoms with Gasteiger partial charge in [-0.1, -0.05) is 6.07 Å². The molecule has 4 rings (SSSR count). The van der Waals surface area contributed by atoms with Crippen LogP contribution < -0.4 is 15.7 Å². The Hall–Kier alpha value is -4.40.